The van der Waals surface area contributed by atoms with Crippen molar-refractivity contribution >= 4 is 40.5 Å². The molecule has 2 aromatic heterocycles. The third kappa shape index (κ3) is 6.45. The fourth-order valence-electron chi connectivity index (χ4n) is 4.30. The zero-order chi connectivity index (χ0) is 39.4. The molecule has 4 rings (SSSR count). The number of ether oxygens (including phenoxy) is 2. The molecule has 0 saturated carbocycles. The van der Waals surface area contributed by atoms with Crippen LogP contribution in [0.5, 0.6) is 5.75 Å². The summed E-state index contributed by atoms with van der Waals surface area (Å²) in [6.45, 7) is -3.81. The topological polar surface area (TPSA) is 122 Å². The molecule has 0 bridgehead atoms. The number of nitrogens with zero attached hydrogens (tertiary/aromatic N) is 6. The Morgan fingerprint density at radius 1 is 1.24 bits per heavy atom. The molecule has 0 fully saturated rings. The first kappa shape index (κ1) is 18.3. The molecule has 1 aliphatic rings. The summed E-state index contributed by atoms with van der Waals surface area (Å²) in [6, 6.07) is 6.02. The molecule has 3 N–H and O–H groups in total. The van der Waals surface area contributed by atoms with Crippen LogP contribution in [0.2, 0.25) is 0 Å². The van der Waals surface area contributed by atoms with E-state index in [4.69, 9.17) is 27.5 Å². The number of aromatic nitrogens is 3. The van der Waals surface area contributed by atoms with Crippen LogP contribution in [0.15, 0.2) is 30.5 Å². The van der Waals surface area contributed by atoms with Crippen LogP contribution in [0, 0.1) is 6.92 Å². The number of carbonyl (C=O) groups excluding carboxylic acids is 1. The van der Waals surface area contributed by atoms with Gasteiger partial charge in [0.15, 0.2) is 5.82 Å². The Balaban J connectivity index is 1.81. The Hall–Kier alpha value is -4.12. The number of rotatable bonds is 10. The number of likely N-dealkylation sites (N-methyl/N-ethyl adjacent to an activating group) is 2. The molecule has 0 radical (unpaired) electrons. The molecule has 0 saturated heterocycles. The zero-order valence-electron chi connectivity index (χ0n) is 34.9. The first-order chi connectivity index (χ1) is 23.7. The van der Waals surface area contributed by atoms with Gasteiger partial charge in [-0.15, -0.1) is 0 Å². The second kappa shape index (κ2) is 11.8. The lowest BCUT2D eigenvalue weighted by molar-refractivity contribution is 0.0378. The largest absolute Gasteiger partial charge is 0.494 e. The van der Waals surface area contributed by atoms with E-state index in [0.29, 0.717) is 17.1 Å². The molecule has 1 aromatic carbocycles. The summed E-state index contributed by atoms with van der Waals surface area (Å²) in [4.78, 5) is 29.2. The SMILES string of the molecule is [2H]C([2H])([2H])N(CCN(C([2H])([2H])[2H])C([2H])([2H])[2H])c1cc(OC)c(Nc2ncc(C(=O)OC(C)C)c(N3c4ccc(C)nc4C(C)(C)C3([2H])[2H])n2)cc1N. The second-order valence-electron chi connectivity index (χ2n) is 10.3. The van der Waals surface area contributed by atoms with Crippen molar-refractivity contribution in [2.75, 3.05) is 68.5 Å². The zero-order valence-corrected chi connectivity index (χ0v) is 23.9. The number of pyridine rings is 1. The quantitative estimate of drug-likeness (QED) is 0.263. The van der Waals surface area contributed by atoms with Crippen molar-refractivity contribution in [2.24, 2.45) is 0 Å². The van der Waals surface area contributed by atoms with Crippen molar-refractivity contribution in [1.82, 2.24) is 19.9 Å². The molecule has 3 heterocycles. The van der Waals surface area contributed by atoms with Crippen LogP contribution in [0.4, 0.5) is 34.5 Å². The van der Waals surface area contributed by atoms with E-state index in [9.17, 15) is 7.54 Å². The summed E-state index contributed by atoms with van der Waals surface area (Å²) in [5.41, 5.74) is 6.53. The molecule has 0 atom stereocenters. The Bertz CT molecular complexity index is 1800. The van der Waals surface area contributed by atoms with Crippen molar-refractivity contribution in [1.29, 1.82) is 0 Å². The number of fused-ring (bicyclic) bond motifs is 1. The van der Waals surface area contributed by atoms with E-state index in [-0.39, 0.29) is 45.0 Å². The van der Waals surface area contributed by atoms with Crippen molar-refractivity contribution in [3.63, 3.8) is 0 Å². The Morgan fingerprint density at radius 3 is 2.71 bits per heavy atom. The van der Waals surface area contributed by atoms with Gasteiger partial charge in [0, 0.05) is 62.3 Å². The number of nitrogens with one attached hydrogen (secondary N) is 1. The summed E-state index contributed by atoms with van der Waals surface area (Å²) in [5.74, 6) is -0.985. The van der Waals surface area contributed by atoms with Crippen LogP contribution in [0.1, 0.15) is 64.5 Å². The minimum atomic E-state index is -3.04. The van der Waals surface area contributed by atoms with Gasteiger partial charge in [-0.2, -0.15) is 4.98 Å². The molecular formula is C30H42N8O3. The van der Waals surface area contributed by atoms with Gasteiger partial charge >= 0.3 is 5.97 Å². The fraction of sp³-hybridized carbons (Fsp3) is 0.467. The normalized spacial score (nSPS) is 20.0. The van der Waals surface area contributed by atoms with E-state index in [1.807, 2.05) is 0 Å². The van der Waals surface area contributed by atoms with Crippen LogP contribution < -0.4 is 25.6 Å². The maximum Gasteiger partial charge on any atom is 0.343 e. The van der Waals surface area contributed by atoms with E-state index in [1.165, 1.54) is 30.3 Å². The lowest BCUT2D eigenvalue weighted by Crippen LogP contribution is -2.29. The van der Waals surface area contributed by atoms with Crippen LogP contribution in [0.3, 0.4) is 0 Å². The Kier molecular flexibility index (Phi) is 5.27. The predicted molar refractivity (Wildman–Crippen MR) is 164 cm³/mol. The van der Waals surface area contributed by atoms with Gasteiger partial charge in [-0.05, 0) is 52.9 Å². The molecular weight excluding hydrogens is 520 g/mol. The minimum Gasteiger partial charge on any atom is -0.494 e. The minimum absolute atomic E-state index is 0.0399. The average Bonchev–Trinajstić information content (AvgIpc) is 3.13. The van der Waals surface area contributed by atoms with Gasteiger partial charge in [-0.3, -0.25) is 4.98 Å². The van der Waals surface area contributed by atoms with Gasteiger partial charge in [0.1, 0.15) is 11.3 Å². The van der Waals surface area contributed by atoms with Gasteiger partial charge in [0.2, 0.25) is 5.95 Å². The standard InChI is InChI=1S/C30H42N8O3/c1-18(2)41-28(39)20-16-32-29(35-27(20)38-17-30(4,5)26-23(38)11-10-19(3)33-26)34-22-14-21(31)24(15-25(22)40-9)37(8)13-12-36(6)7/h10-11,14-16,18H,12-13,17,31H2,1-9H3,(H,32,34,35)/i6D3,7D3,8D3,17D2. The summed E-state index contributed by atoms with van der Waals surface area (Å²) < 4.78 is 99.6. The molecule has 220 valence electrons. The molecule has 11 nitrogen and oxygen atoms in total. The fourth-order valence-corrected chi connectivity index (χ4v) is 4.30. The number of benzene rings is 1. The highest BCUT2D eigenvalue weighted by Gasteiger charge is 2.39. The van der Waals surface area contributed by atoms with E-state index in [0.717, 1.165) is 4.90 Å². The molecule has 0 amide bonds. The molecule has 1 aliphatic heterocycles. The Morgan fingerprint density at radius 2 is 2.02 bits per heavy atom. The number of hydrogen-bond donors (Lipinski definition) is 2. The van der Waals surface area contributed by atoms with Gasteiger partial charge in [-0.25, -0.2) is 9.78 Å². The summed E-state index contributed by atoms with van der Waals surface area (Å²) >= 11 is 0. The van der Waals surface area contributed by atoms with Crippen LogP contribution in [-0.4, -0.2) is 79.5 Å². The van der Waals surface area contributed by atoms with E-state index in [2.05, 4.69) is 20.3 Å². The van der Waals surface area contributed by atoms with E-state index in [1.54, 1.807) is 46.8 Å². The number of aryl methyl sites for hydroxylation is 1. The highest BCUT2D eigenvalue weighted by Crippen LogP contribution is 2.44. The average molecular weight is 574 g/mol. The van der Waals surface area contributed by atoms with Crippen LogP contribution >= 0.6 is 0 Å². The highest BCUT2D eigenvalue weighted by atomic mass is 16.5. The van der Waals surface area contributed by atoms with Gasteiger partial charge in [0.25, 0.3) is 0 Å². The van der Waals surface area contributed by atoms with Crippen LogP contribution in [0.25, 0.3) is 0 Å². The van der Waals surface area contributed by atoms with E-state index >= 15 is 0 Å². The van der Waals surface area contributed by atoms with Crippen molar-refractivity contribution < 1.29 is 29.3 Å². The summed E-state index contributed by atoms with van der Waals surface area (Å²) in [5, 5.41) is 2.95. The molecule has 3 aromatic rings. The number of carbonyl (C=O) groups is 1. The maximum absolute atomic E-state index is 13.3. The lowest BCUT2D eigenvalue weighted by atomic mass is 9.91. The molecule has 0 unspecified atom stereocenters. The highest BCUT2D eigenvalue weighted by molar-refractivity contribution is 5.96. The third-order valence-electron chi connectivity index (χ3n) is 6.21. The monoisotopic (exact) mass is 573 g/mol. The molecule has 11 heteroatoms. The molecule has 41 heavy (non-hydrogen) atoms. The number of methoxy groups -OCH3 is 1. The first-order valence-electron chi connectivity index (χ1n) is 18.4. The summed E-state index contributed by atoms with van der Waals surface area (Å²) in [6.07, 6.45) is 0.687. The maximum atomic E-state index is 13.3. The van der Waals surface area contributed by atoms with Crippen molar-refractivity contribution in [3.8, 4) is 5.75 Å². The second-order valence-corrected chi connectivity index (χ2v) is 10.3. The lowest BCUT2D eigenvalue weighted by Gasteiger charge is -2.25. The van der Waals surface area contributed by atoms with E-state index < -0.39 is 58.0 Å². The third-order valence-corrected chi connectivity index (χ3v) is 6.21. The van der Waals surface area contributed by atoms with Gasteiger partial charge < -0.3 is 35.2 Å². The number of nitrogen functional groups attached to an aromatic ring is 1. The molecule has 0 aliphatic carbocycles. The molecule has 0 spiro atoms. The number of nitrogens with two attached hydrogens (primary N) is 1. The summed E-state index contributed by atoms with van der Waals surface area (Å²) in [7, 11) is 1.30. The van der Waals surface area contributed by atoms with Crippen molar-refractivity contribution in [2.45, 2.75) is 46.1 Å². The van der Waals surface area contributed by atoms with Gasteiger partial charge in [0.05, 0.1) is 44.4 Å². The first-order valence-corrected chi connectivity index (χ1v) is 12.9. The smallest absolute Gasteiger partial charge is 0.343 e. The number of hydrogen-bond acceptors (Lipinski definition) is 11. The van der Waals surface area contributed by atoms with Gasteiger partial charge in [-0.1, -0.05) is 13.8 Å². The number of anilines is 6. The Labute approximate surface area is 258 Å². The van der Waals surface area contributed by atoms with Crippen LogP contribution in [-0.2, 0) is 10.2 Å². The number of esters is 1. The predicted octanol–water partition coefficient (Wildman–Crippen LogP) is 4.51. The van der Waals surface area contributed by atoms with Crippen molar-refractivity contribution in [3.05, 3.63) is 47.4 Å².